The highest BCUT2D eigenvalue weighted by Crippen LogP contribution is 2.42. The van der Waals surface area contributed by atoms with Gasteiger partial charge in [0.15, 0.2) is 0 Å². The Bertz CT molecular complexity index is 1150. The first-order valence-corrected chi connectivity index (χ1v) is 11.4. The molecule has 0 radical (unpaired) electrons. The van der Waals surface area contributed by atoms with Gasteiger partial charge in [-0.25, -0.2) is 9.97 Å². The zero-order chi connectivity index (χ0) is 22.6. The molecule has 1 aliphatic carbocycles. The van der Waals surface area contributed by atoms with E-state index in [-0.39, 0.29) is 23.1 Å². The number of fused-ring (bicyclic) bond motifs is 1. The molecule has 2 fully saturated rings. The van der Waals surface area contributed by atoms with Crippen LogP contribution >= 0.6 is 11.6 Å². The number of nitrogens with two attached hydrogens (primary N) is 1. The number of methoxy groups -OCH3 is 1. The maximum Gasteiger partial charge on any atom is 0.262 e. The lowest BCUT2D eigenvalue weighted by Crippen LogP contribution is -2.51. The lowest BCUT2D eigenvalue weighted by atomic mass is 9.73. The van der Waals surface area contributed by atoms with Gasteiger partial charge in [0, 0.05) is 49.8 Å². The summed E-state index contributed by atoms with van der Waals surface area (Å²) in [5, 5.41) is 0.394. The Hall–Kier alpha value is -2.42. The number of halogens is 1. The average molecular weight is 458 g/mol. The molecule has 8 nitrogen and oxygen atoms in total. The van der Waals surface area contributed by atoms with Crippen molar-refractivity contribution in [1.82, 2.24) is 14.5 Å². The molecule has 0 aromatic carbocycles. The number of aromatic nitrogens is 3. The normalized spacial score (nSPS) is 24.0. The molecule has 2 aromatic rings. The van der Waals surface area contributed by atoms with Crippen LogP contribution in [0.25, 0.3) is 5.57 Å². The molecule has 5 rings (SSSR count). The molecule has 170 valence electrons. The summed E-state index contributed by atoms with van der Waals surface area (Å²) in [5.41, 5.74) is 9.30. The highest BCUT2D eigenvalue weighted by Gasteiger charge is 2.48. The first kappa shape index (κ1) is 21.4. The largest absolute Gasteiger partial charge is 0.480 e. The van der Waals surface area contributed by atoms with Crippen molar-refractivity contribution < 1.29 is 9.47 Å². The first-order valence-electron chi connectivity index (χ1n) is 11.0. The molecule has 2 aliphatic heterocycles. The molecular weight excluding hydrogens is 430 g/mol. The predicted octanol–water partition coefficient (Wildman–Crippen LogP) is 2.16. The van der Waals surface area contributed by atoms with Crippen LogP contribution in [-0.2, 0) is 18.2 Å². The molecule has 32 heavy (non-hydrogen) atoms. The van der Waals surface area contributed by atoms with E-state index in [1.165, 1.54) is 7.11 Å². The Balaban J connectivity index is 1.45. The summed E-state index contributed by atoms with van der Waals surface area (Å²) in [4.78, 5) is 24.7. The van der Waals surface area contributed by atoms with Gasteiger partial charge in [0.25, 0.3) is 5.56 Å². The van der Waals surface area contributed by atoms with Crippen molar-refractivity contribution in [1.29, 1.82) is 0 Å². The van der Waals surface area contributed by atoms with Gasteiger partial charge in [0.1, 0.15) is 5.02 Å². The second kappa shape index (κ2) is 7.86. The van der Waals surface area contributed by atoms with Crippen LogP contribution in [0.15, 0.2) is 23.1 Å². The monoisotopic (exact) mass is 457 g/mol. The third-order valence-electron chi connectivity index (χ3n) is 7.34. The topological polar surface area (TPSA) is 95.5 Å². The van der Waals surface area contributed by atoms with E-state index in [9.17, 15) is 4.79 Å². The standard InChI is InChI=1S/C23H28ClN5O3/c1-13-19(25)23(12-32-13)7-10-29(11-8-23)22-27-16-5-4-14(17(16)21(30)28(22)2)15-6-9-26-20(31-3)18(15)24/h4,6,9,13,19H,5,7-8,10-12,25H2,1-3H3/t13-,19+/m0/s1. The maximum absolute atomic E-state index is 13.4. The number of anilines is 1. The molecule has 2 aromatic heterocycles. The summed E-state index contributed by atoms with van der Waals surface area (Å²) < 4.78 is 12.7. The van der Waals surface area contributed by atoms with Crippen molar-refractivity contribution in [3.8, 4) is 5.88 Å². The Morgan fingerprint density at radius 3 is 2.75 bits per heavy atom. The van der Waals surface area contributed by atoms with E-state index in [2.05, 4.69) is 9.88 Å². The molecular formula is C23H28ClN5O3. The number of allylic oxidation sites excluding steroid dienone is 1. The molecule has 2 N–H and O–H groups in total. The molecule has 0 saturated carbocycles. The molecule has 3 aliphatic rings. The van der Waals surface area contributed by atoms with Crippen molar-refractivity contribution >= 4 is 23.1 Å². The van der Waals surface area contributed by atoms with Crippen LogP contribution in [0.2, 0.25) is 5.02 Å². The summed E-state index contributed by atoms with van der Waals surface area (Å²) >= 11 is 6.50. The van der Waals surface area contributed by atoms with Crippen LogP contribution in [-0.4, -0.2) is 53.5 Å². The number of hydrogen-bond acceptors (Lipinski definition) is 7. The Morgan fingerprint density at radius 1 is 1.34 bits per heavy atom. The van der Waals surface area contributed by atoms with Gasteiger partial charge < -0.3 is 20.1 Å². The predicted molar refractivity (Wildman–Crippen MR) is 123 cm³/mol. The quantitative estimate of drug-likeness (QED) is 0.754. The number of nitrogens with zero attached hydrogens (tertiary/aromatic N) is 4. The zero-order valence-corrected chi connectivity index (χ0v) is 19.4. The van der Waals surface area contributed by atoms with Gasteiger partial charge in [0.05, 0.1) is 31.1 Å². The van der Waals surface area contributed by atoms with Crippen molar-refractivity contribution in [2.75, 3.05) is 31.7 Å². The summed E-state index contributed by atoms with van der Waals surface area (Å²) in [5.74, 6) is 1.04. The minimum Gasteiger partial charge on any atom is -0.480 e. The molecule has 2 saturated heterocycles. The fourth-order valence-electron chi connectivity index (χ4n) is 5.28. The molecule has 0 amide bonds. The van der Waals surface area contributed by atoms with Gasteiger partial charge >= 0.3 is 0 Å². The van der Waals surface area contributed by atoms with E-state index in [1.54, 1.807) is 23.9 Å². The van der Waals surface area contributed by atoms with Crippen molar-refractivity contribution in [3.63, 3.8) is 0 Å². The highest BCUT2D eigenvalue weighted by molar-refractivity contribution is 6.33. The van der Waals surface area contributed by atoms with Gasteiger partial charge in [0.2, 0.25) is 11.8 Å². The smallest absolute Gasteiger partial charge is 0.262 e. The maximum atomic E-state index is 13.4. The van der Waals surface area contributed by atoms with Gasteiger partial charge in [-0.1, -0.05) is 17.7 Å². The van der Waals surface area contributed by atoms with E-state index >= 15 is 0 Å². The van der Waals surface area contributed by atoms with Crippen LogP contribution < -0.4 is 20.9 Å². The van der Waals surface area contributed by atoms with Crippen molar-refractivity contribution in [2.24, 2.45) is 18.2 Å². The third kappa shape index (κ3) is 3.16. The minimum atomic E-state index is -0.0737. The molecule has 9 heteroatoms. The van der Waals surface area contributed by atoms with Crippen LogP contribution in [0.5, 0.6) is 5.88 Å². The van der Waals surface area contributed by atoms with Crippen LogP contribution in [0, 0.1) is 5.41 Å². The average Bonchev–Trinajstić information content (AvgIpc) is 3.34. The molecule has 1 spiro atoms. The Labute approximate surface area is 192 Å². The molecule has 4 heterocycles. The zero-order valence-electron chi connectivity index (χ0n) is 18.6. The van der Waals surface area contributed by atoms with Gasteiger partial charge in [-0.15, -0.1) is 0 Å². The highest BCUT2D eigenvalue weighted by atomic mass is 35.5. The number of hydrogen-bond donors (Lipinski definition) is 1. The van der Waals surface area contributed by atoms with Gasteiger partial charge in [-0.05, 0) is 31.4 Å². The number of ether oxygens (including phenoxy) is 2. The summed E-state index contributed by atoms with van der Waals surface area (Å²) in [6.45, 7) is 4.36. The van der Waals surface area contributed by atoms with E-state index in [1.807, 2.05) is 13.0 Å². The molecule has 2 atom stereocenters. The van der Waals surface area contributed by atoms with Crippen LogP contribution in [0.4, 0.5) is 5.95 Å². The van der Waals surface area contributed by atoms with Gasteiger partial charge in [-0.2, -0.15) is 0 Å². The first-order chi connectivity index (χ1) is 15.4. The van der Waals surface area contributed by atoms with Crippen molar-refractivity contribution in [3.05, 3.63) is 50.5 Å². The number of rotatable bonds is 3. The van der Waals surface area contributed by atoms with E-state index < -0.39 is 0 Å². The SMILES string of the molecule is COc1nccc(C2=CCc3nc(N4CCC5(CC4)CO[C@@H](C)[C@H]5N)n(C)c(=O)c32)c1Cl. The van der Waals surface area contributed by atoms with Gasteiger partial charge in [-0.3, -0.25) is 9.36 Å². The lowest BCUT2D eigenvalue weighted by molar-refractivity contribution is 0.0973. The lowest BCUT2D eigenvalue weighted by Gasteiger charge is -2.41. The summed E-state index contributed by atoms with van der Waals surface area (Å²) in [7, 11) is 3.31. The van der Waals surface area contributed by atoms with E-state index in [0.717, 1.165) is 42.8 Å². The number of pyridine rings is 1. The van der Waals surface area contributed by atoms with Crippen LogP contribution in [0.3, 0.4) is 0 Å². The van der Waals surface area contributed by atoms with Crippen LogP contribution in [0.1, 0.15) is 36.6 Å². The summed E-state index contributed by atoms with van der Waals surface area (Å²) in [6, 6.07) is 1.85. The van der Waals surface area contributed by atoms with Crippen molar-refractivity contribution in [2.45, 2.75) is 38.3 Å². The Kier molecular flexibility index (Phi) is 5.27. The number of piperidine rings is 1. The van der Waals surface area contributed by atoms with E-state index in [0.29, 0.717) is 35.4 Å². The fraction of sp³-hybridized carbons (Fsp3) is 0.522. The Morgan fingerprint density at radius 2 is 2.09 bits per heavy atom. The fourth-order valence-corrected chi connectivity index (χ4v) is 5.57. The molecule has 0 bridgehead atoms. The third-order valence-corrected chi connectivity index (χ3v) is 7.71. The minimum absolute atomic E-state index is 0.0252. The summed E-state index contributed by atoms with van der Waals surface area (Å²) in [6.07, 6.45) is 6.18. The second-order valence-corrected chi connectivity index (χ2v) is 9.37. The second-order valence-electron chi connectivity index (χ2n) is 8.99. The van der Waals surface area contributed by atoms with E-state index in [4.69, 9.17) is 31.8 Å². The molecule has 0 unspecified atom stereocenters.